The van der Waals surface area contributed by atoms with Crippen LogP contribution in [0.1, 0.15) is 5.56 Å². The molecular formula is C12H14N4OS3. The summed E-state index contributed by atoms with van der Waals surface area (Å²) >= 11 is 4.83. The molecule has 1 aromatic heterocycles. The Labute approximate surface area is 129 Å². The summed E-state index contributed by atoms with van der Waals surface area (Å²) in [7, 11) is 0. The Balaban J connectivity index is 1.74. The molecule has 0 bridgehead atoms. The van der Waals surface area contributed by atoms with Crippen LogP contribution in [0.5, 0.6) is 5.75 Å². The average molecular weight is 326 g/mol. The van der Waals surface area contributed by atoms with Crippen LogP contribution in [0, 0.1) is 5.41 Å². The van der Waals surface area contributed by atoms with Crippen molar-refractivity contribution in [3.63, 3.8) is 0 Å². The van der Waals surface area contributed by atoms with Crippen LogP contribution in [0.15, 0.2) is 32.9 Å². The number of hydrogen-bond donors (Lipinski definition) is 2. The van der Waals surface area contributed by atoms with Gasteiger partial charge in [-0.3, -0.25) is 5.41 Å². The molecule has 0 radical (unpaired) electrons. The third kappa shape index (κ3) is 4.39. The third-order valence-corrected chi connectivity index (χ3v) is 5.30. The highest BCUT2D eigenvalue weighted by molar-refractivity contribution is 8.02. The van der Waals surface area contributed by atoms with Crippen molar-refractivity contribution in [2.45, 2.75) is 8.68 Å². The van der Waals surface area contributed by atoms with Gasteiger partial charge < -0.3 is 10.5 Å². The lowest BCUT2D eigenvalue weighted by atomic mass is 10.2. The molecule has 20 heavy (non-hydrogen) atoms. The van der Waals surface area contributed by atoms with Gasteiger partial charge in [-0.1, -0.05) is 34.9 Å². The van der Waals surface area contributed by atoms with Crippen LogP contribution in [-0.4, -0.2) is 34.6 Å². The van der Waals surface area contributed by atoms with Gasteiger partial charge in [0.05, 0.1) is 6.61 Å². The van der Waals surface area contributed by atoms with E-state index in [9.17, 15) is 0 Å². The topological polar surface area (TPSA) is 84.9 Å². The summed E-state index contributed by atoms with van der Waals surface area (Å²) in [6.45, 7) is 0.596. The minimum Gasteiger partial charge on any atom is -0.493 e. The molecule has 0 spiro atoms. The molecule has 106 valence electrons. The highest BCUT2D eigenvalue weighted by atomic mass is 32.2. The molecule has 3 N–H and O–H groups in total. The number of ether oxygens (including phenoxy) is 1. The van der Waals surface area contributed by atoms with Crippen molar-refractivity contribution < 1.29 is 4.74 Å². The van der Waals surface area contributed by atoms with Gasteiger partial charge in [0.25, 0.3) is 0 Å². The second kappa shape index (κ2) is 7.51. The third-order valence-electron chi connectivity index (χ3n) is 2.31. The Morgan fingerprint density at radius 2 is 2.00 bits per heavy atom. The fourth-order valence-electron chi connectivity index (χ4n) is 1.36. The first-order chi connectivity index (χ1) is 9.69. The Bertz CT molecular complexity index is 570. The second-order valence-corrected chi connectivity index (χ2v) is 7.05. The fraction of sp³-hybridized carbons (Fsp3) is 0.250. The number of benzene rings is 1. The molecule has 0 amide bonds. The van der Waals surface area contributed by atoms with E-state index in [2.05, 4.69) is 10.2 Å². The predicted octanol–water partition coefficient (Wildman–Crippen LogP) is 2.72. The van der Waals surface area contributed by atoms with E-state index in [-0.39, 0.29) is 5.84 Å². The Morgan fingerprint density at radius 3 is 2.60 bits per heavy atom. The van der Waals surface area contributed by atoms with Gasteiger partial charge in [0.15, 0.2) is 8.68 Å². The fourth-order valence-corrected chi connectivity index (χ4v) is 3.68. The molecule has 0 aliphatic rings. The van der Waals surface area contributed by atoms with Gasteiger partial charge >= 0.3 is 0 Å². The highest BCUT2D eigenvalue weighted by Gasteiger charge is 2.03. The van der Waals surface area contributed by atoms with E-state index in [4.69, 9.17) is 15.9 Å². The summed E-state index contributed by atoms with van der Waals surface area (Å²) in [6, 6.07) is 7.19. The Hall–Kier alpha value is -1.25. The van der Waals surface area contributed by atoms with Crippen LogP contribution in [0.4, 0.5) is 0 Å². The molecule has 0 saturated carbocycles. The van der Waals surface area contributed by atoms with Crippen molar-refractivity contribution in [3.8, 4) is 5.75 Å². The van der Waals surface area contributed by atoms with Crippen LogP contribution in [0.25, 0.3) is 0 Å². The number of nitrogens with one attached hydrogen (secondary N) is 1. The number of thioether (sulfide) groups is 2. The van der Waals surface area contributed by atoms with E-state index in [1.165, 1.54) is 0 Å². The van der Waals surface area contributed by atoms with Crippen LogP contribution < -0.4 is 10.5 Å². The molecule has 0 aliphatic heterocycles. The summed E-state index contributed by atoms with van der Waals surface area (Å²) in [6.07, 6.45) is 1.99. The number of nitrogens with two attached hydrogens (primary N) is 1. The Morgan fingerprint density at radius 1 is 1.30 bits per heavy atom. The van der Waals surface area contributed by atoms with Crippen molar-refractivity contribution in [1.82, 2.24) is 10.2 Å². The minimum absolute atomic E-state index is 0.0629. The molecular weight excluding hydrogens is 312 g/mol. The molecule has 0 fully saturated rings. The van der Waals surface area contributed by atoms with Gasteiger partial charge in [-0.2, -0.15) is 0 Å². The molecule has 0 unspecified atom stereocenters. The molecule has 0 atom stereocenters. The maximum absolute atomic E-state index is 7.31. The van der Waals surface area contributed by atoms with Gasteiger partial charge in [0.2, 0.25) is 0 Å². The number of amidine groups is 1. The standard InChI is InChI=1S/C12H14N4OS3/c1-18-11-15-16-12(20-11)19-7-6-17-9-4-2-8(3-5-9)10(13)14/h2-5H,6-7H2,1H3,(H3,13,14). The van der Waals surface area contributed by atoms with Crippen LogP contribution in [-0.2, 0) is 0 Å². The first kappa shape index (κ1) is 15.1. The first-order valence-corrected chi connectivity index (χ1v) is 8.79. The molecule has 0 aliphatic carbocycles. The van der Waals surface area contributed by atoms with Crippen molar-refractivity contribution in [1.29, 1.82) is 5.41 Å². The summed E-state index contributed by atoms with van der Waals surface area (Å²) in [5.74, 6) is 1.66. The van der Waals surface area contributed by atoms with Crippen molar-refractivity contribution in [2.24, 2.45) is 5.73 Å². The van der Waals surface area contributed by atoms with E-state index in [0.29, 0.717) is 12.2 Å². The lowest BCUT2D eigenvalue weighted by Gasteiger charge is -2.05. The van der Waals surface area contributed by atoms with E-state index >= 15 is 0 Å². The van der Waals surface area contributed by atoms with Crippen molar-refractivity contribution >= 4 is 40.7 Å². The number of nitrogen functional groups attached to an aromatic ring is 1. The summed E-state index contributed by atoms with van der Waals surface area (Å²) in [5, 5.41) is 15.4. The van der Waals surface area contributed by atoms with Gasteiger partial charge in [0.1, 0.15) is 11.6 Å². The quantitative estimate of drug-likeness (QED) is 0.352. The SMILES string of the molecule is CSc1nnc(SCCOc2ccc(C(=N)N)cc2)s1. The molecule has 0 saturated heterocycles. The van der Waals surface area contributed by atoms with E-state index in [0.717, 1.165) is 20.2 Å². The first-order valence-electron chi connectivity index (χ1n) is 5.76. The van der Waals surface area contributed by atoms with Gasteiger partial charge in [-0.05, 0) is 30.5 Å². The summed E-state index contributed by atoms with van der Waals surface area (Å²) < 4.78 is 7.56. The molecule has 2 aromatic rings. The van der Waals surface area contributed by atoms with Gasteiger partial charge in [-0.25, -0.2) is 0 Å². The van der Waals surface area contributed by atoms with Gasteiger partial charge in [-0.15, -0.1) is 10.2 Å². The van der Waals surface area contributed by atoms with E-state index < -0.39 is 0 Å². The molecule has 5 nitrogen and oxygen atoms in total. The summed E-state index contributed by atoms with van der Waals surface area (Å²) in [4.78, 5) is 0. The smallest absolute Gasteiger partial charge is 0.175 e. The van der Waals surface area contributed by atoms with E-state index in [1.807, 2.05) is 18.4 Å². The largest absolute Gasteiger partial charge is 0.493 e. The lowest BCUT2D eigenvalue weighted by Crippen LogP contribution is -2.10. The van der Waals surface area contributed by atoms with Crippen LogP contribution >= 0.6 is 34.9 Å². The van der Waals surface area contributed by atoms with Gasteiger partial charge in [0, 0.05) is 11.3 Å². The Kier molecular flexibility index (Phi) is 5.69. The normalized spacial score (nSPS) is 10.4. The molecule has 8 heteroatoms. The monoisotopic (exact) mass is 326 g/mol. The van der Waals surface area contributed by atoms with Crippen LogP contribution in [0.3, 0.4) is 0 Å². The lowest BCUT2D eigenvalue weighted by molar-refractivity contribution is 0.344. The molecule has 1 heterocycles. The minimum atomic E-state index is 0.0629. The summed E-state index contributed by atoms with van der Waals surface area (Å²) in [5.41, 5.74) is 6.09. The zero-order valence-electron chi connectivity index (χ0n) is 10.8. The van der Waals surface area contributed by atoms with Crippen LogP contribution in [0.2, 0.25) is 0 Å². The number of hydrogen-bond acceptors (Lipinski definition) is 7. The molecule has 2 rings (SSSR count). The van der Waals surface area contributed by atoms with E-state index in [1.54, 1.807) is 47.0 Å². The predicted molar refractivity (Wildman–Crippen MR) is 85.4 cm³/mol. The average Bonchev–Trinajstić information content (AvgIpc) is 2.92. The maximum Gasteiger partial charge on any atom is 0.175 e. The van der Waals surface area contributed by atoms with Crippen molar-refractivity contribution in [2.75, 3.05) is 18.6 Å². The van der Waals surface area contributed by atoms with Crippen molar-refractivity contribution in [3.05, 3.63) is 29.8 Å². The number of rotatable bonds is 7. The highest BCUT2D eigenvalue weighted by Crippen LogP contribution is 2.27. The molecule has 1 aromatic carbocycles. The maximum atomic E-state index is 7.31. The second-order valence-electron chi connectivity index (χ2n) is 3.67. The number of nitrogens with zero attached hydrogens (tertiary/aromatic N) is 2. The zero-order valence-corrected chi connectivity index (χ0v) is 13.3. The zero-order chi connectivity index (χ0) is 14.4. The number of aromatic nitrogens is 2.